The largest absolute Gasteiger partial charge is 0.508 e. The maximum absolute atomic E-state index is 8.91. The minimum atomic E-state index is 0.296. The molecule has 12 heavy (non-hydrogen) atoms. The zero-order valence-corrected chi connectivity index (χ0v) is 6.86. The van der Waals surface area contributed by atoms with Crippen LogP contribution in [0.2, 0.25) is 0 Å². The van der Waals surface area contributed by atoms with Crippen LogP contribution in [0.4, 0.5) is 0 Å². The molecule has 0 unspecified atom stereocenters. The average Bonchev–Trinajstić information content (AvgIpc) is 2.09. The zero-order chi connectivity index (χ0) is 9.56. The first-order chi connectivity index (χ1) is 5.70. The highest BCUT2D eigenvalue weighted by atomic mass is 17.0. The Bertz CT molecular complexity index is 238. The standard InChI is InChI=1S/C9H10O.H2O2/c1-7(2)8-3-5-9(10)6-4-8;1-2/h3-6,10H,1H2,2H3;1-2H. The number of allylic oxidation sites excluding steroid dienone is 1. The summed E-state index contributed by atoms with van der Waals surface area (Å²) in [6.45, 7) is 5.71. The molecule has 0 aliphatic rings. The van der Waals surface area contributed by atoms with E-state index >= 15 is 0 Å². The van der Waals surface area contributed by atoms with Gasteiger partial charge in [-0.1, -0.05) is 24.3 Å². The maximum atomic E-state index is 8.91. The molecule has 1 rings (SSSR count). The van der Waals surface area contributed by atoms with Crippen molar-refractivity contribution in [3.05, 3.63) is 36.4 Å². The van der Waals surface area contributed by atoms with Gasteiger partial charge in [-0.05, 0) is 24.6 Å². The van der Waals surface area contributed by atoms with E-state index in [1.54, 1.807) is 12.1 Å². The summed E-state index contributed by atoms with van der Waals surface area (Å²) in [6, 6.07) is 7.00. The summed E-state index contributed by atoms with van der Waals surface area (Å²) < 4.78 is 0. The number of aromatic hydroxyl groups is 1. The van der Waals surface area contributed by atoms with Crippen LogP contribution >= 0.6 is 0 Å². The molecular formula is C9H12O3. The minimum absolute atomic E-state index is 0.296. The van der Waals surface area contributed by atoms with Crippen LogP contribution in [0.1, 0.15) is 12.5 Å². The van der Waals surface area contributed by atoms with Gasteiger partial charge in [0.2, 0.25) is 0 Å². The van der Waals surface area contributed by atoms with Gasteiger partial charge in [0.25, 0.3) is 0 Å². The van der Waals surface area contributed by atoms with Crippen molar-refractivity contribution in [3.63, 3.8) is 0 Å². The van der Waals surface area contributed by atoms with Crippen LogP contribution in [0.5, 0.6) is 5.75 Å². The van der Waals surface area contributed by atoms with Crippen LogP contribution in [0.3, 0.4) is 0 Å². The summed E-state index contributed by atoms with van der Waals surface area (Å²) in [5.74, 6) is 0.296. The molecule has 3 N–H and O–H groups in total. The number of rotatable bonds is 1. The molecule has 0 radical (unpaired) electrons. The van der Waals surface area contributed by atoms with Crippen molar-refractivity contribution in [1.29, 1.82) is 0 Å². The molecule has 1 aromatic carbocycles. The van der Waals surface area contributed by atoms with Gasteiger partial charge >= 0.3 is 0 Å². The molecule has 0 atom stereocenters. The number of benzene rings is 1. The first-order valence-corrected chi connectivity index (χ1v) is 3.35. The smallest absolute Gasteiger partial charge is 0.115 e. The van der Waals surface area contributed by atoms with Gasteiger partial charge in [-0.15, -0.1) is 0 Å². The highest BCUT2D eigenvalue weighted by Crippen LogP contribution is 2.14. The number of hydrogen-bond donors (Lipinski definition) is 3. The van der Waals surface area contributed by atoms with Gasteiger partial charge in [-0.3, -0.25) is 10.5 Å². The van der Waals surface area contributed by atoms with Crippen LogP contribution in [0.25, 0.3) is 5.57 Å². The van der Waals surface area contributed by atoms with Crippen molar-refractivity contribution in [3.8, 4) is 5.75 Å². The van der Waals surface area contributed by atoms with Gasteiger partial charge in [0, 0.05) is 0 Å². The van der Waals surface area contributed by atoms with Crippen LogP contribution in [-0.2, 0) is 0 Å². The summed E-state index contributed by atoms with van der Waals surface area (Å²) in [6.07, 6.45) is 0. The quantitative estimate of drug-likeness (QED) is 0.446. The Morgan fingerprint density at radius 3 is 1.92 bits per heavy atom. The number of hydrogen-bond acceptors (Lipinski definition) is 3. The lowest BCUT2D eigenvalue weighted by Crippen LogP contribution is -1.74. The van der Waals surface area contributed by atoms with E-state index in [2.05, 4.69) is 6.58 Å². The van der Waals surface area contributed by atoms with Crippen molar-refractivity contribution in [2.45, 2.75) is 6.92 Å². The van der Waals surface area contributed by atoms with Gasteiger partial charge in [0.05, 0.1) is 0 Å². The van der Waals surface area contributed by atoms with E-state index in [-0.39, 0.29) is 0 Å². The Morgan fingerprint density at radius 1 is 1.17 bits per heavy atom. The van der Waals surface area contributed by atoms with Crippen LogP contribution in [-0.4, -0.2) is 15.6 Å². The van der Waals surface area contributed by atoms with Crippen molar-refractivity contribution in [2.75, 3.05) is 0 Å². The third-order valence-electron chi connectivity index (χ3n) is 1.36. The van der Waals surface area contributed by atoms with Crippen molar-refractivity contribution < 1.29 is 15.6 Å². The van der Waals surface area contributed by atoms with Gasteiger partial charge in [-0.25, -0.2) is 0 Å². The van der Waals surface area contributed by atoms with Crippen LogP contribution < -0.4 is 0 Å². The number of phenols is 1. The van der Waals surface area contributed by atoms with Crippen LogP contribution in [0, 0.1) is 0 Å². The first-order valence-electron chi connectivity index (χ1n) is 3.35. The summed E-state index contributed by atoms with van der Waals surface area (Å²) in [7, 11) is 0. The van der Waals surface area contributed by atoms with Crippen LogP contribution in [0.15, 0.2) is 30.8 Å². The molecule has 0 heterocycles. The first kappa shape index (κ1) is 10.7. The topological polar surface area (TPSA) is 60.7 Å². The minimum Gasteiger partial charge on any atom is -0.508 e. The highest BCUT2D eigenvalue weighted by molar-refractivity contribution is 5.61. The molecule has 0 aromatic heterocycles. The molecule has 0 saturated heterocycles. The molecule has 0 aliphatic carbocycles. The van der Waals surface area contributed by atoms with E-state index in [1.807, 2.05) is 19.1 Å². The van der Waals surface area contributed by atoms with Gasteiger partial charge in [-0.2, -0.15) is 0 Å². The van der Waals surface area contributed by atoms with Gasteiger partial charge < -0.3 is 5.11 Å². The molecule has 0 fully saturated rings. The van der Waals surface area contributed by atoms with Gasteiger partial charge in [0.1, 0.15) is 5.75 Å². The molecule has 0 amide bonds. The fourth-order valence-electron chi connectivity index (χ4n) is 0.746. The summed E-state index contributed by atoms with van der Waals surface area (Å²) in [5.41, 5.74) is 2.08. The van der Waals surface area contributed by atoms with E-state index in [4.69, 9.17) is 15.6 Å². The third kappa shape index (κ3) is 3.18. The Balaban J connectivity index is 0.000000561. The fourth-order valence-corrected chi connectivity index (χ4v) is 0.746. The second-order valence-electron chi connectivity index (χ2n) is 2.33. The summed E-state index contributed by atoms with van der Waals surface area (Å²) in [4.78, 5) is 0. The lowest BCUT2D eigenvalue weighted by molar-refractivity contribution is -0.176. The van der Waals surface area contributed by atoms with Crippen molar-refractivity contribution in [2.24, 2.45) is 0 Å². The van der Waals surface area contributed by atoms with E-state index in [9.17, 15) is 0 Å². The Kier molecular flexibility index (Phi) is 4.76. The fraction of sp³-hybridized carbons (Fsp3) is 0.111. The zero-order valence-electron chi connectivity index (χ0n) is 6.86. The Labute approximate surface area is 71.2 Å². The molecule has 3 nitrogen and oxygen atoms in total. The predicted octanol–water partition coefficient (Wildman–Crippen LogP) is 2.44. The molecule has 0 spiro atoms. The normalized spacial score (nSPS) is 8.25. The molecule has 1 aromatic rings. The van der Waals surface area contributed by atoms with Crippen molar-refractivity contribution in [1.82, 2.24) is 0 Å². The third-order valence-corrected chi connectivity index (χ3v) is 1.36. The lowest BCUT2D eigenvalue weighted by atomic mass is 10.1. The lowest BCUT2D eigenvalue weighted by Gasteiger charge is -1.97. The molecule has 0 saturated carbocycles. The SMILES string of the molecule is C=C(C)c1ccc(O)cc1.OO. The highest BCUT2D eigenvalue weighted by Gasteiger charge is 1.90. The predicted molar refractivity (Wildman–Crippen MR) is 48.1 cm³/mol. The van der Waals surface area contributed by atoms with Crippen molar-refractivity contribution >= 4 is 5.57 Å². The second-order valence-corrected chi connectivity index (χ2v) is 2.33. The molecule has 0 bridgehead atoms. The van der Waals surface area contributed by atoms with Gasteiger partial charge in [0.15, 0.2) is 0 Å². The van der Waals surface area contributed by atoms with E-state index in [0.29, 0.717) is 5.75 Å². The van der Waals surface area contributed by atoms with E-state index < -0.39 is 0 Å². The molecular weight excluding hydrogens is 156 g/mol. The Morgan fingerprint density at radius 2 is 1.58 bits per heavy atom. The van der Waals surface area contributed by atoms with E-state index in [1.165, 1.54) is 0 Å². The molecule has 0 aliphatic heterocycles. The maximum Gasteiger partial charge on any atom is 0.115 e. The number of phenolic OH excluding ortho intramolecular Hbond substituents is 1. The summed E-state index contributed by atoms with van der Waals surface area (Å²) >= 11 is 0. The molecule has 66 valence electrons. The molecule has 3 heteroatoms. The summed E-state index contributed by atoms with van der Waals surface area (Å²) in [5, 5.41) is 20.9. The average molecular weight is 168 g/mol. The van der Waals surface area contributed by atoms with E-state index in [0.717, 1.165) is 11.1 Å². The second kappa shape index (κ2) is 5.35. The Hall–Kier alpha value is -1.32. The monoisotopic (exact) mass is 168 g/mol.